The van der Waals surface area contributed by atoms with E-state index in [-0.39, 0.29) is 6.04 Å². The number of nitrogens with one attached hydrogen (secondary N) is 1. The Balaban J connectivity index is 1.88. The van der Waals surface area contributed by atoms with Gasteiger partial charge >= 0.3 is 0 Å². The zero-order valence-electron chi connectivity index (χ0n) is 9.97. The van der Waals surface area contributed by atoms with Crippen LogP contribution < -0.4 is 4.72 Å². The minimum absolute atomic E-state index is 0.153. The molecule has 0 spiro atoms. The van der Waals surface area contributed by atoms with E-state index in [0.717, 1.165) is 24.0 Å². The summed E-state index contributed by atoms with van der Waals surface area (Å²) in [6, 6.07) is 8.83. The van der Waals surface area contributed by atoms with Gasteiger partial charge in [-0.05, 0) is 47.5 Å². The molecule has 0 saturated heterocycles. The quantitative estimate of drug-likeness (QED) is 0.944. The predicted octanol–water partition coefficient (Wildman–Crippen LogP) is 3.37. The second kappa shape index (κ2) is 4.90. The number of sulfonamides is 1. The first-order chi connectivity index (χ1) is 9.06. The standard InChI is InChI=1S/C13H12ClNO2S2/c14-10-4-5-11-9(8-10)3-6-12(11)15-19(16,17)13-2-1-7-18-13/h1-2,4-5,7-8,12,15H,3,6H2/t12-/m1/s1. The number of hydrogen-bond acceptors (Lipinski definition) is 3. The van der Waals surface area contributed by atoms with Crippen LogP contribution in [0.2, 0.25) is 5.02 Å². The van der Waals surface area contributed by atoms with Crippen LogP contribution in [0.15, 0.2) is 39.9 Å². The number of benzene rings is 1. The van der Waals surface area contributed by atoms with Gasteiger partial charge in [0.15, 0.2) is 0 Å². The van der Waals surface area contributed by atoms with Gasteiger partial charge in [-0.1, -0.05) is 23.7 Å². The van der Waals surface area contributed by atoms with Crippen LogP contribution in [0.4, 0.5) is 0 Å². The highest BCUT2D eigenvalue weighted by Gasteiger charge is 2.27. The molecule has 0 fully saturated rings. The summed E-state index contributed by atoms with van der Waals surface area (Å²) in [4.78, 5) is 0. The average molecular weight is 314 g/mol. The molecule has 1 N–H and O–H groups in total. The fraction of sp³-hybridized carbons (Fsp3) is 0.231. The number of rotatable bonds is 3. The Morgan fingerprint density at radius 1 is 1.32 bits per heavy atom. The fourth-order valence-electron chi connectivity index (χ4n) is 2.37. The lowest BCUT2D eigenvalue weighted by Crippen LogP contribution is -2.26. The monoisotopic (exact) mass is 313 g/mol. The Kier molecular flexibility index (Phi) is 3.39. The third kappa shape index (κ3) is 2.56. The van der Waals surface area contributed by atoms with Crippen molar-refractivity contribution in [1.29, 1.82) is 0 Å². The molecule has 6 heteroatoms. The molecule has 0 aliphatic heterocycles. The summed E-state index contributed by atoms with van der Waals surface area (Å²) in [5.74, 6) is 0. The Morgan fingerprint density at radius 3 is 2.89 bits per heavy atom. The largest absolute Gasteiger partial charge is 0.250 e. The number of thiophene rings is 1. The molecule has 3 nitrogen and oxygen atoms in total. The van der Waals surface area contributed by atoms with Crippen molar-refractivity contribution in [3.05, 3.63) is 51.9 Å². The summed E-state index contributed by atoms with van der Waals surface area (Å²) in [5, 5.41) is 2.46. The molecule has 1 aliphatic rings. The Morgan fingerprint density at radius 2 is 2.16 bits per heavy atom. The second-order valence-electron chi connectivity index (χ2n) is 4.49. The predicted molar refractivity (Wildman–Crippen MR) is 77.2 cm³/mol. The number of hydrogen-bond donors (Lipinski definition) is 1. The van der Waals surface area contributed by atoms with Crippen molar-refractivity contribution in [2.75, 3.05) is 0 Å². The Bertz CT molecular complexity index is 695. The van der Waals surface area contributed by atoms with E-state index in [1.807, 2.05) is 12.1 Å². The van der Waals surface area contributed by atoms with Crippen LogP contribution in [-0.4, -0.2) is 8.42 Å². The van der Waals surface area contributed by atoms with Gasteiger partial charge < -0.3 is 0 Å². The van der Waals surface area contributed by atoms with Crippen molar-refractivity contribution in [3.8, 4) is 0 Å². The van der Waals surface area contributed by atoms with E-state index in [2.05, 4.69) is 4.72 Å². The molecular formula is C13H12ClNO2S2. The maximum atomic E-state index is 12.2. The zero-order chi connectivity index (χ0) is 13.5. The molecule has 0 amide bonds. The van der Waals surface area contributed by atoms with Crippen molar-refractivity contribution >= 4 is 33.0 Å². The summed E-state index contributed by atoms with van der Waals surface area (Å²) in [6.07, 6.45) is 1.63. The van der Waals surface area contributed by atoms with E-state index >= 15 is 0 Å². The van der Waals surface area contributed by atoms with Gasteiger partial charge in [0.05, 0.1) is 0 Å². The molecule has 1 atom stereocenters. The van der Waals surface area contributed by atoms with Crippen LogP contribution in [0, 0.1) is 0 Å². The van der Waals surface area contributed by atoms with Gasteiger partial charge in [0.1, 0.15) is 4.21 Å². The molecule has 1 aromatic carbocycles. The molecule has 3 rings (SSSR count). The van der Waals surface area contributed by atoms with Crippen molar-refractivity contribution in [1.82, 2.24) is 4.72 Å². The third-order valence-electron chi connectivity index (χ3n) is 3.24. The Labute approximate surface area is 121 Å². The smallest absolute Gasteiger partial charge is 0.206 e. The highest BCUT2D eigenvalue weighted by molar-refractivity contribution is 7.91. The van der Waals surface area contributed by atoms with E-state index in [9.17, 15) is 8.42 Å². The highest BCUT2D eigenvalue weighted by atomic mass is 35.5. The van der Waals surface area contributed by atoms with E-state index in [4.69, 9.17) is 11.6 Å². The van der Waals surface area contributed by atoms with Crippen molar-refractivity contribution in [2.24, 2.45) is 0 Å². The topological polar surface area (TPSA) is 46.2 Å². The minimum atomic E-state index is -3.42. The van der Waals surface area contributed by atoms with Gasteiger partial charge in [-0.15, -0.1) is 11.3 Å². The van der Waals surface area contributed by atoms with Crippen molar-refractivity contribution < 1.29 is 8.42 Å². The molecule has 1 aliphatic carbocycles. The summed E-state index contributed by atoms with van der Waals surface area (Å²) >= 11 is 7.17. The molecule has 0 saturated carbocycles. The van der Waals surface area contributed by atoms with Gasteiger partial charge in [0, 0.05) is 11.1 Å². The summed E-state index contributed by atoms with van der Waals surface area (Å²) in [6.45, 7) is 0. The summed E-state index contributed by atoms with van der Waals surface area (Å²) in [7, 11) is -3.42. The van der Waals surface area contributed by atoms with Gasteiger partial charge in [-0.2, -0.15) is 0 Å². The average Bonchev–Trinajstić information content (AvgIpc) is 2.98. The molecule has 100 valence electrons. The van der Waals surface area contributed by atoms with Crippen LogP contribution in [-0.2, 0) is 16.4 Å². The van der Waals surface area contributed by atoms with Gasteiger partial charge in [-0.3, -0.25) is 0 Å². The van der Waals surface area contributed by atoms with E-state index in [1.165, 1.54) is 11.3 Å². The van der Waals surface area contributed by atoms with Crippen LogP contribution in [0.3, 0.4) is 0 Å². The van der Waals surface area contributed by atoms with E-state index in [1.54, 1.807) is 23.6 Å². The maximum absolute atomic E-state index is 12.2. The molecular weight excluding hydrogens is 302 g/mol. The number of aryl methyl sites for hydroxylation is 1. The first-order valence-corrected chi connectivity index (χ1v) is 8.64. The normalized spacial score (nSPS) is 18.5. The second-order valence-corrected chi connectivity index (χ2v) is 7.81. The SMILES string of the molecule is O=S(=O)(N[C@@H]1CCc2cc(Cl)ccc21)c1cccs1. The molecule has 2 aromatic rings. The summed E-state index contributed by atoms with van der Waals surface area (Å²) < 4.78 is 27.5. The molecule has 1 heterocycles. The molecule has 0 radical (unpaired) electrons. The maximum Gasteiger partial charge on any atom is 0.250 e. The molecule has 0 unspecified atom stereocenters. The highest BCUT2D eigenvalue weighted by Crippen LogP contribution is 2.34. The zero-order valence-corrected chi connectivity index (χ0v) is 12.4. The first kappa shape index (κ1) is 13.1. The van der Waals surface area contributed by atoms with Gasteiger partial charge in [-0.25, -0.2) is 13.1 Å². The van der Waals surface area contributed by atoms with Crippen LogP contribution in [0.5, 0.6) is 0 Å². The number of fused-ring (bicyclic) bond motifs is 1. The van der Waals surface area contributed by atoms with Crippen LogP contribution >= 0.6 is 22.9 Å². The summed E-state index contributed by atoms with van der Waals surface area (Å²) in [5.41, 5.74) is 2.16. The molecule has 19 heavy (non-hydrogen) atoms. The van der Waals surface area contributed by atoms with Crippen LogP contribution in [0.25, 0.3) is 0 Å². The van der Waals surface area contributed by atoms with Gasteiger partial charge in [0.25, 0.3) is 10.0 Å². The molecule has 0 bridgehead atoms. The lowest BCUT2D eigenvalue weighted by molar-refractivity contribution is 0.556. The fourth-order valence-corrected chi connectivity index (χ4v) is 4.82. The lowest BCUT2D eigenvalue weighted by atomic mass is 10.1. The van der Waals surface area contributed by atoms with Crippen LogP contribution in [0.1, 0.15) is 23.6 Å². The van der Waals surface area contributed by atoms with Crippen molar-refractivity contribution in [3.63, 3.8) is 0 Å². The van der Waals surface area contributed by atoms with Crippen molar-refractivity contribution in [2.45, 2.75) is 23.1 Å². The first-order valence-electron chi connectivity index (χ1n) is 5.90. The third-order valence-corrected chi connectivity index (χ3v) is 6.34. The molecule has 1 aromatic heterocycles. The van der Waals surface area contributed by atoms with Gasteiger partial charge in [0.2, 0.25) is 0 Å². The Hall–Kier alpha value is -0.880. The lowest BCUT2D eigenvalue weighted by Gasteiger charge is -2.13. The minimum Gasteiger partial charge on any atom is -0.206 e. The number of halogens is 1. The van der Waals surface area contributed by atoms with E-state index in [0.29, 0.717) is 9.23 Å². The van der Waals surface area contributed by atoms with E-state index < -0.39 is 10.0 Å².